The summed E-state index contributed by atoms with van der Waals surface area (Å²) in [5.41, 5.74) is 2.46. The first-order valence-corrected chi connectivity index (χ1v) is 10.9. The highest BCUT2D eigenvalue weighted by molar-refractivity contribution is 7.99. The van der Waals surface area contributed by atoms with Gasteiger partial charge >= 0.3 is 11.9 Å². The SMILES string of the molecule is CN1CCC=C(c2nsnc2SCCCc2cccs2)C1.O=C(O)C(=O)O. The molecule has 10 heteroatoms. The summed E-state index contributed by atoms with van der Waals surface area (Å²) in [4.78, 5) is 22.0. The number of thiophene rings is 1. The van der Waals surface area contributed by atoms with E-state index < -0.39 is 11.9 Å². The highest BCUT2D eigenvalue weighted by Gasteiger charge is 2.17. The molecule has 0 spiro atoms. The number of hydrogen-bond donors (Lipinski definition) is 2. The summed E-state index contributed by atoms with van der Waals surface area (Å²) >= 11 is 5.04. The molecule has 1 aliphatic heterocycles. The molecule has 27 heavy (non-hydrogen) atoms. The molecule has 1 aliphatic rings. The molecular formula is C17H21N3O4S3. The van der Waals surface area contributed by atoms with Crippen LogP contribution in [0.3, 0.4) is 0 Å². The van der Waals surface area contributed by atoms with E-state index in [0.717, 1.165) is 36.0 Å². The van der Waals surface area contributed by atoms with E-state index in [0.29, 0.717) is 0 Å². The Labute approximate surface area is 170 Å². The molecule has 0 saturated heterocycles. The molecule has 0 aromatic carbocycles. The van der Waals surface area contributed by atoms with E-state index >= 15 is 0 Å². The lowest BCUT2D eigenvalue weighted by molar-refractivity contribution is -0.159. The zero-order chi connectivity index (χ0) is 19.6. The van der Waals surface area contributed by atoms with Gasteiger partial charge in [-0.1, -0.05) is 12.1 Å². The molecule has 2 N–H and O–H groups in total. The number of aromatic nitrogens is 2. The Hall–Kier alpha value is -1.75. The Morgan fingerprint density at radius 3 is 2.70 bits per heavy atom. The third kappa shape index (κ3) is 7.41. The summed E-state index contributed by atoms with van der Waals surface area (Å²) in [6.45, 7) is 2.14. The van der Waals surface area contributed by atoms with E-state index in [9.17, 15) is 0 Å². The Bertz CT molecular complexity index is 762. The van der Waals surface area contributed by atoms with Gasteiger partial charge in [0.25, 0.3) is 0 Å². The molecule has 0 atom stereocenters. The largest absolute Gasteiger partial charge is 0.473 e. The van der Waals surface area contributed by atoms with Crippen molar-refractivity contribution in [2.24, 2.45) is 0 Å². The van der Waals surface area contributed by atoms with Gasteiger partial charge in [0.15, 0.2) is 0 Å². The van der Waals surface area contributed by atoms with Crippen molar-refractivity contribution in [3.63, 3.8) is 0 Å². The fourth-order valence-corrected chi connectivity index (χ4v) is 4.81. The summed E-state index contributed by atoms with van der Waals surface area (Å²) in [7, 11) is 2.17. The van der Waals surface area contributed by atoms with Crippen LogP contribution in [0.15, 0.2) is 28.6 Å². The first-order valence-electron chi connectivity index (χ1n) is 8.29. The fourth-order valence-electron chi connectivity index (χ4n) is 2.41. The van der Waals surface area contributed by atoms with Gasteiger partial charge in [0.05, 0.1) is 11.7 Å². The fraction of sp³-hybridized carbons (Fsp3) is 0.412. The third-order valence-electron chi connectivity index (χ3n) is 3.67. The first kappa shape index (κ1) is 21.5. The van der Waals surface area contributed by atoms with Gasteiger partial charge in [0.2, 0.25) is 0 Å². The van der Waals surface area contributed by atoms with Crippen LogP contribution in [0.1, 0.15) is 23.4 Å². The van der Waals surface area contributed by atoms with Gasteiger partial charge in [0, 0.05) is 18.0 Å². The lowest BCUT2D eigenvalue weighted by Crippen LogP contribution is -2.25. The predicted molar refractivity (Wildman–Crippen MR) is 109 cm³/mol. The molecular weight excluding hydrogens is 406 g/mol. The molecule has 2 aromatic heterocycles. The van der Waals surface area contributed by atoms with Crippen LogP contribution in [-0.2, 0) is 16.0 Å². The Morgan fingerprint density at radius 2 is 2.07 bits per heavy atom. The van der Waals surface area contributed by atoms with E-state index in [-0.39, 0.29) is 0 Å². The third-order valence-corrected chi connectivity index (χ3v) is 6.30. The Morgan fingerprint density at radius 1 is 1.30 bits per heavy atom. The number of nitrogens with zero attached hydrogens (tertiary/aromatic N) is 3. The summed E-state index contributed by atoms with van der Waals surface area (Å²) in [6, 6.07) is 4.34. The number of aryl methyl sites for hydroxylation is 1. The second kappa shape index (κ2) is 11.2. The molecule has 0 radical (unpaired) electrons. The molecule has 3 rings (SSSR count). The molecule has 146 valence electrons. The van der Waals surface area contributed by atoms with E-state index in [1.165, 1.54) is 35.0 Å². The predicted octanol–water partition coefficient (Wildman–Crippen LogP) is 3.20. The van der Waals surface area contributed by atoms with Gasteiger partial charge in [-0.2, -0.15) is 8.75 Å². The molecule has 7 nitrogen and oxygen atoms in total. The van der Waals surface area contributed by atoms with Crippen molar-refractivity contribution in [3.05, 3.63) is 34.2 Å². The summed E-state index contributed by atoms with van der Waals surface area (Å²) in [6.07, 6.45) is 5.81. The molecule has 0 unspecified atom stereocenters. The van der Waals surface area contributed by atoms with Crippen molar-refractivity contribution in [3.8, 4) is 0 Å². The smallest absolute Gasteiger partial charge is 0.414 e. The van der Waals surface area contributed by atoms with Crippen molar-refractivity contribution in [2.45, 2.75) is 24.3 Å². The molecule has 0 fully saturated rings. The average molecular weight is 428 g/mol. The maximum atomic E-state index is 9.10. The highest BCUT2D eigenvalue weighted by atomic mass is 32.2. The van der Waals surface area contributed by atoms with Crippen molar-refractivity contribution in [2.75, 3.05) is 25.9 Å². The lowest BCUT2D eigenvalue weighted by atomic mass is 10.1. The minimum atomic E-state index is -1.82. The standard InChI is InChI=1S/C15H19N3S3.C2H2O4/c1-18-8-2-5-12(11-18)14-15(17-21-16-14)20-10-4-7-13-6-3-9-19-13;3-1(4)2(5)6/h3,5-6,9H,2,4,7-8,10-11H2,1H3;(H,3,4)(H,5,6). The number of carboxylic acids is 2. The van der Waals surface area contributed by atoms with Crippen LogP contribution in [-0.4, -0.2) is 61.7 Å². The van der Waals surface area contributed by atoms with Gasteiger partial charge in [-0.15, -0.1) is 23.1 Å². The maximum Gasteiger partial charge on any atom is 0.414 e. The van der Waals surface area contributed by atoms with E-state index in [4.69, 9.17) is 19.8 Å². The molecule has 0 bridgehead atoms. The number of hydrogen-bond acceptors (Lipinski definition) is 8. The molecule has 0 amide bonds. The topological polar surface area (TPSA) is 104 Å². The number of thioether (sulfide) groups is 1. The van der Waals surface area contributed by atoms with E-state index in [2.05, 4.69) is 44.3 Å². The molecule has 2 aromatic rings. The molecule has 0 saturated carbocycles. The average Bonchev–Trinajstić information content (AvgIpc) is 3.31. The van der Waals surface area contributed by atoms with Crippen LogP contribution >= 0.6 is 34.8 Å². The van der Waals surface area contributed by atoms with Crippen LogP contribution in [0.4, 0.5) is 0 Å². The summed E-state index contributed by atoms with van der Waals surface area (Å²) in [5, 5.41) is 18.1. The Balaban J connectivity index is 0.000000380. The van der Waals surface area contributed by atoms with Crippen LogP contribution in [0.2, 0.25) is 0 Å². The summed E-state index contributed by atoms with van der Waals surface area (Å²) in [5.74, 6) is -2.54. The van der Waals surface area contributed by atoms with Crippen molar-refractivity contribution in [1.29, 1.82) is 0 Å². The van der Waals surface area contributed by atoms with Crippen LogP contribution in [0.5, 0.6) is 0 Å². The lowest BCUT2D eigenvalue weighted by Gasteiger charge is -2.22. The second-order valence-electron chi connectivity index (χ2n) is 5.82. The van der Waals surface area contributed by atoms with Crippen LogP contribution in [0.25, 0.3) is 5.57 Å². The zero-order valence-corrected chi connectivity index (χ0v) is 17.3. The van der Waals surface area contributed by atoms with Gasteiger partial charge in [-0.3, -0.25) is 0 Å². The normalized spacial score (nSPS) is 14.2. The van der Waals surface area contributed by atoms with Gasteiger partial charge in [0.1, 0.15) is 10.7 Å². The van der Waals surface area contributed by atoms with Gasteiger partial charge in [-0.25, -0.2) is 9.59 Å². The number of aliphatic carboxylic acids is 2. The first-order chi connectivity index (χ1) is 13.0. The number of carboxylic acid groups (broad SMARTS) is 2. The molecule has 3 heterocycles. The zero-order valence-electron chi connectivity index (χ0n) is 14.8. The number of carbonyl (C=O) groups is 2. The number of rotatable bonds is 6. The Kier molecular flexibility index (Phi) is 8.92. The monoisotopic (exact) mass is 427 g/mol. The highest BCUT2D eigenvalue weighted by Crippen LogP contribution is 2.29. The summed E-state index contributed by atoms with van der Waals surface area (Å²) < 4.78 is 9.01. The van der Waals surface area contributed by atoms with Crippen molar-refractivity contribution < 1.29 is 19.8 Å². The van der Waals surface area contributed by atoms with Gasteiger partial charge < -0.3 is 15.1 Å². The van der Waals surface area contributed by atoms with Gasteiger partial charge in [-0.05, 0) is 49.1 Å². The number of likely N-dealkylation sites (N-methyl/N-ethyl adjacent to an activating group) is 1. The minimum Gasteiger partial charge on any atom is -0.473 e. The van der Waals surface area contributed by atoms with Crippen molar-refractivity contribution >= 4 is 52.3 Å². The molecule has 0 aliphatic carbocycles. The van der Waals surface area contributed by atoms with Crippen LogP contribution < -0.4 is 0 Å². The van der Waals surface area contributed by atoms with E-state index in [1.54, 1.807) is 0 Å². The maximum absolute atomic E-state index is 9.10. The van der Waals surface area contributed by atoms with E-state index in [1.807, 2.05) is 23.1 Å². The quantitative estimate of drug-likeness (QED) is 0.411. The van der Waals surface area contributed by atoms with Crippen molar-refractivity contribution in [1.82, 2.24) is 13.6 Å². The second-order valence-corrected chi connectivity index (χ2v) is 8.46. The minimum absolute atomic E-state index is 0.994. The van der Waals surface area contributed by atoms with Crippen LogP contribution in [0, 0.1) is 0 Å².